The highest BCUT2D eigenvalue weighted by Gasteiger charge is 2.17. The first-order valence-corrected chi connectivity index (χ1v) is 6.23. The van der Waals surface area contributed by atoms with Crippen LogP contribution in [0.2, 0.25) is 0 Å². The molecule has 0 amide bonds. The molecule has 18 heavy (non-hydrogen) atoms. The van der Waals surface area contributed by atoms with Gasteiger partial charge in [0.15, 0.2) is 0 Å². The molecule has 0 bridgehead atoms. The number of carbonyl (C=O) groups is 1. The van der Waals surface area contributed by atoms with Crippen LogP contribution >= 0.6 is 0 Å². The third-order valence-corrected chi connectivity index (χ3v) is 2.77. The van der Waals surface area contributed by atoms with Gasteiger partial charge in [0.05, 0.1) is 7.11 Å². The fraction of sp³-hybridized carbons (Fsp3) is 0.500. The van der Waals surface area contributed by atoms with Crippen molar-refractivity contribution in [3.63, 3.8) is 0 Å². The minimum Gasteiger partial charge on any atom is -0.468 e. The minimum atomic E-state index is -0.321. The van der Waals surface area contributed by atoms with Crippen molar-refractivity contribution in [1.29, 1.82) is 0 Å². The van der Waals surface area contributed by atoms with Crippen molar-refractivity contribution < 1.29 is 13.9 Å². The van der Waals surface area contributed by atoms with Crippen LogP contribution in [0.5, 0.6) is 0 Å². The second-order valence-electron chi connectivity index (χ2n) is 4.23. The summed E-state index contributed by atoms with van der Waals surface area (Å²) in [5.74, 6) is -0.530. The minimum absolute atomic E-state index is 0.264. The summed E-state index contributed by atoms with van der Waals surface area (Å²) in [7, 11) is 1.38. The van der Waals surface area contributed by atoms with E-state index in [1.165, 1.54) is 19.2 Å². The molecular formula is C14H20FNO2. The summed E-state index contributed by atoms with van der Waals surface area (Å²) in [5, 5.41) is 3.11. The molecule has 1 rings (SSSR count). The topological polar surface area (TPSA) is 38.3 Å². The largest absolute Gasteiger partial charge is 0.468 e. The van der Waals surface area contributed by atoms with Gasteiger partial charge in [0.25, 0.3) is 0 Å². The van der Waals surface area contributed by atoms with Crippen molar-refractivity contribution in [2.75, 3.05) is 7.11 Å². The summed E-state index contributed by atoms with van der Waals surface area (Å²) in [4.78, 5) is 11.5. The summed E-state index contributed by atoms with van der Waals surface area (Å²) in [5.41, 5.74) is 0.820. The van der Waals surface area contributed by atoms with Gasteiger partial charge in [-0.15, -0.1) is 0 Å². The molecule has 0 spiro atoms. The van der Waals surface area contributed by atoms with Crippen LogP contribution in [0.3, 0.4) is 0 Å². The highest BCUT2D eigenvalue weighted by atomic mass is 19.1. The number of halogens is 1. The molecule has 1 N–H and O–H groups in total. The third-order valence-electron chi connectivity index (χ3n) is 2.77. The predicted octanol–water partition coefficient (Wildman–Crippen LogP) is 2.65. The first-order valence-electron chi connectivity index (χ1n) is 6.23. The smallest absolute Gasteiger partial charge is 0.322 e. The lowest BCUT2D eigenvalue weighted by Crippen LogP contribution is -2.37. The van der Waals surface area contributed by atoms with Crippen LogP contribution in [0.25, 0.3) is 0 Å². The second-order valence-corrected chi connectivity index (χ2v) is 4.23. The van der Waals surface area contributed by atoms with Crippen LogP contribution in [-0.4, -0.2) is 19.1 Å². The molecule has 0 aliphatic rings. The van der Waals surface area contributed by atoms with E-state index in [9.17, 15) is 9.18 Å². The van der Waals surface area contributed by atoms with Gasteiger partial charge < -0.3 is 10.1 Å². The Morgan fingerprint density at radius 2 is 2.28 bits per heavy atom. The van der Waals surface area contributed by atoms with E-state index in [1.807, 2.05) is 6.07 Å². The molecule has 0 aromatic heterocycles. The molecule has 0 saturated carbocycles. The maximum absolute atomic E-state index is 13.0. The maximum Gasteiger partial charge on any atom is 0.322 e. The van der Waals surface area contributed by atoms with Gasteiger partial charge >= 0.3 is 5.97 Å². The lowest BCUT2D eigenvalue weighted by molar-refractivity contribution is -0.143. The summed E-state index contributed by atoms with van der Waals surface area (Å²) in [6, 6.07) is 6.02. The molecule has 0 radical (unpaired) electrons. The summed E-state index contributed by atoms with van der Waals surface area (Å²) < 4.78 is 17.7. The molecule has 1 atom stereocenters. The zero-order valence-electron chi connectivity index (χ0n) is 10.9. The van der Waals surface area contributed by atoms with Gasteiger partial charge in [-0.05, 0) is 24.1 Å². The van der Waals surface area contributed by atoms with E-state index < -0.39 is 0 Å². The van der Waals surface area contributed by atoms with Gasteiger partial charge in [0.1, 0.15) is 11.9 Å². The van der Waals surface area contributed by atoms with Crippen LogP contribution in [0.4, 0.5) is 4.39 Å². The number of carbonyl (C=O) groups excluding carboxylic acids is 1. The quantitative estimate of drug-likeness (QED) is 0.759. The SMILES string of the molecule is CCCCC(NCc1cccc(F)c1)C(=O)OC. The van der Waals surface area contributed by atoms with Gasteiger partial charge in [-0.25, -0.2) is 4.39 Å². The Morgan fingerprint density at radius 3 is 2.89 bits per heavy atom. The van der Waals surface area contributed by atoms with Crippen molar-refractivity contribution >= 4 is 5.97 Å². The first kappa shape index (κ1) is 14.6. The Bertz CT molecular complexity index is 382. The van der Waals surface area contributed by atoms with E-state index in [0.29, 0.717) is 6.54 Å². The van der Waals surface area contributed by atoms with Gasteiger partial charge in [-0.3, -0.25) is 4.79 Å². The molecule has 0 fully saturated rings. The molecule has 1 aromatic rings. The Hall–Kier alpha value is -1.42. The molecule has 4 heteroatoms. The fourth-order valence-electron chi connectivity index (χ4n) is 1.74. The highest BCUT2D eigenvalue weighted by molar-refractivity contribution is 5.75. The van der Waals surface area contributed by atoms with Crippen molar-refractivity contribution in [2.45, 2.75) is 38.8 Å². The van der Waals surface area contributed by atoms with Gasteiger partial charge in [-0.1, -0.05) is 31.9 Å². The number of esters is 1. The van der Waals surface area contributed by atoms with Crippen molar-refractivity contribution in [3.8, 4) is 0 Å². The molecule has 100 valence electrons. The molecule has 0 aliphatic heterocycles. The summed E-state index contributed by atoms with van der Waals surface area (Å²) in [6.07, 6.45) is 2.71. The van der Waals surface area contributed by atoms with Gasteiger partial charge in [-0.2, -0.15) is 0 Å². The Morgan fingerprint density at radius 1 is 1.50 bits per heavy atom. The monoisotopic (exact) mass is 253 g/mol. The predicted molar refractivity (Wildman–Crippen MR) is 68.6 cm³/mol. The van der Waals surface area contributed by atoms with Gasteiger partial charge in [0.2, 0.25) is 0 Å². The molecule has 1 aromatic carbocycles. The number of hydrogen-bond donors (Lipinski definition) is 1. The number of nitrogens with one attached hydrogen (secondary N) is 1. The number of ether oxygens (including phenoxy) is 1. The van der Waals surface area contributed by atoms with E-state index in [0.717, 1.165) is 24.8 Å². The van der Waals surface area contributed by atoms with Crippen LogP contribution in [-0.2, 0) is 16.1 Å². The summed E-state index contributed by atoms with van der Waals surface area (Å²) >= 11 is 0. The summed E-state index contributed by atoms with van der Waals surface area (Å²) in [6.45, 7) is 2.53. The van der Waals surface area contributed by atoms with E-state index in [2.05, 4.69) is 12.2 Å². The van der Waals surface area contributed by atoms with E-state index in [-0.39, 0.29) is 17.8 Å². The molecular weight excluding hydrogens is 233 g/mol. The Balaban J connectivity index is 2.53. The average molecular weight is 253 g/mol. The number of methoxy groups -OCH3 is 1. The first-order chi connectivity index (χ1) is 8.67. The van der Waals surface area contributed by atoms with E-state index in [1.54, 1.807) is 6.07 Å². The Labute approximate surface area is 107 Å². The molecule has 0 saturated heterocycles. The second kappa shape index (κ2) is 7.82. The Kier molecular flexibility index (Phi) is 6.36. The molecule has 0 heterocycles. The lowest BCUT2D eigenvalue weighted by Gasteiger charge is -2.16. The van der Waals surface area contributed by atoms with Crippen LogP contribution in [0.1, 0.15) is 31.7 Å². The zero-order chi connectivity index (χ0) is 13.4. The molecule has 3 nitrogen and oxygen atoms in total. The van der Waals surface area contributed by atoms with Gasteiger partial charge in [0, 0.05) is 6.54 Å². The standard InChI is InChI=1S/C14H20FNO2/c1-3-4-8-13(14(17)18-2)16-10-11-6-5-7-12(15)9-11/h5-7,9,13,16H,3-4,8,10H2,1-2H3. The highest BCUT2D eigenvalue weighted by Crippen LogP contribution is 2.06. The average Bonchev–Trinajstić information content (AvgIpc) is 2.38. The van der Waals surface area contributed by atoms with Crippen molar-refractivity contribution in [2.24, 2.45) is 0 Å². The van der Waals surface area contributed by atoms with Crippen molar-refractivity contribution in [1.82, 2.24) is 5.32 Å². The molecule has 0 aliphatic carbocycles. The van der Waals surface area contributed by atoms with Crippen LogP contribution in [0.15, 0.2) is 24.3 Å². The van der Waals surface area contributed by atoms with Crippen LogP contribution < -0.4 is 5.32 Å². The van der Waals surface area contributed by atoms with E-state index in [4.69, 9.17) is 4.74 Å². The number of hydrogen-bond acceptors (Lipinski definition) is 3. The third kappa shape index (κ3) is 4.84. The normalized spacial score (nSPS) is 12.2. The zero-order valence-corrected chi connectivity index (χ0v) is 10.9. The van der Waals surface area contributed by atoms with Crippen LogP contribution in [0, 0.1) is 5.82 Å². The number of benzene rings is 1. The van der Waals surface area contributed by atoms with Crippen molar-refractivity contribution in [3.05, 3.63) is 35.6 Å². The lowest BCUT2D eigenvalue weighted by atomic mass is 10.1. The number of unbranched alkanes of at least 4 members (excludes halogenated alkanes) is 1. The van der Waals surface area contributed by atoms with E-state index >= 15 is 0 Å². The number of rotatable bonds is 7. The fourth-order valence-corrected chi connectivity index (χ4v) is 1.74. The molecule has 1 unspecified atom stereocenters. The maximum atomic E-state index is 13.0.